The highest BCUT2D eigenvalue weighted by atomic mass is 32.2. The lowest BCUT2D eigenvalue weighted by atomic mass is 10.2. The van der Waals surface area contributed by atoms with E-state index in [0.29, 0.717) is 15.6 Å². The maximum atomic E-state index is 12.0. The molecule has 1 amide bonds. The molecule has 7 heteroatoms. The zero-order valence-electron chi connectivity index (χ0n) is 12.3. The Kier molecular flexibility index (Phi) is 4.35. The first-order valence-corrected chi connectivity index (χ1v) is 7.75. The van der Waals surface area contributed by atoms with Crippen molar-refractivity contribution in [3.63, 3.8) is 0 Å². The number of carbonyl (C=O) groups is 2. The second kappa shape index (κ2) is 6.59. The Morgan fingerprint density at radius 1 is 1.17 bits per heavy atom. The highest BCUT2D eigenvalue weighted by molar-refractivity contribution is 8.18. The van der Waals surface area contributed by atoms with Crippen LogP contribution in [0.3, 0.4) is 0 Å². The van der Waals surface area contributed by atoms with Crippen molar-refractivity contribution in [3.05, 3.63) is 64.6 Å². The van der Waals surface area contributed by atoms with Crippen molar-refractivity contribution < 1.29 is 19.8 Å². The number of amidine groups is 1. The van der Waals surface area contributed by atoms with Crippen molar-refractivity contribution in [2.45, 2.75) is 0 Å². The van der Waals surface area contributed by atoms with Gasteiger partial charge in [-0.1, -0.05) is 24.3 Å². The van der Waals surface area contributed by atoms with E-state index in [1.807, 2.05) is 0 Å². The van der Waals surface area contributed by atoms with Gasteiger partial charge in [0.05, 0.1) is 16.2 Å². The second-order valence-corrected chi connectivity index (χ2v) is 5.93. The average Bonchev–Trinajstić information content (AvgIpc) is 2.87. The number of phenolic OH excluding ortho intramolecular Hbond substituents is 1. The molecule has 1 fully saturated rings. The summed E-state index contributed by atoms with van der Waals surface area (Å²) in [5.74, 6) is -1.30. The standard InChI is InChI=1S/C17H12N2O4S/c20-11-5-3-4-10(8-11)9-14-15(21)19-17(24-14)18-13-7-2-1-6-12(13)16(22)23/h1-9,20H,(H,22,23)(H,18,19,21)/b14-9-. The number of aliphatic imine (C=N–C) groups is 1. The smallest absolute Gasteiger partial charge is 0.337 e. The lowest BCUT2D eigenvalue weighted by molar-refractivity contribution is -0.115. The molecule has 0 spiro atoms. The first-order chi connectivity index (χ1) is 11.5. The number of rotatable bonds is 3. The van der Waals surface area contributed by atoms with Crippen LogP contribution in [0.2, 0.25) is 0 Å². The summed E-state index contributed by atoms with van der Waals surface area (Å²) in [6, 6.07) is 12.8. The molecule has 1 aliphatic rings. The molecular weight excluding hydrogens is 328 g/mol. The zero-order valence-corrected chi connectivity index (χ0v) is 13.1. The predicted molar refractivity (Wildman–Crippen MR) is 92.3 cm³/mol. The van der Waals surface area contributed by atoms with Gasteiger partial charge in [-0.25, -0.2) is 9.79 Å². The fourth-order valence-electron chi connectivity index (χ4n) is 2.11. The molecule has 2 aromatic rings. The quantitative estimate of drug-likeness (QED) is 0.746. The summed E-state index contributed by atoms with van der Waals surface area (Å²) in [6.07, 6.45) is 1.63. The van der Waals surface area contributed by atoms with E-state index < -0.39 is 5.97 Å². The number of hydrogen-bond donors (Lipinski definition) is 3. The van der Waals surface area contributed by atoms with Crippen LogP contribution in [0.15, 0.2) is 58.4 Å². The van der Waals surface area contributed by atoms with Gasteiger partial charge in [0.25, 0.3) is 5.91 Å². The van der Waals surface area contributed by atoms with Crippen molar-refractivity contribution in [2.75, 3.05) is 0 Å². The summed E-state index contributed by atoms with van der Waals surface area (Å²) >= 11 is 1.11. The lowest BCUT2D eigenvalue weighted by Gasteiger charge is -2.00. The molecule has 0 radical (unpaired) electrons. The summed E-state index contributed by atoms with van der Waals surface area (Å²) in [6.45, 7) is 0. The third-order valence-electron chi connectivity index (χ3n) is 3.18. The summed E-state index contributed by atoms with van der Waals surface area (Å²) in [5, 5.41) is 21.5. The van der Waals surface area contributed by atoms with Crippen LogP contribution in [-0.2, 0) is 4.79 Å². The van der Waals surface area contributed by atoms with E-state index in [-0.39, 0.29) is 22.9 Å². The Morgan fingerprint density at radius 3 is 2.71 bits per heavy atom. The number of thioether (sulfide) groups is 1. The summed E-state index contributed by atoms with van der Waals surface area (Å²) in [5.41, 5.74) is 1.01. The van der Waals surface area contributed by atoms with Gasteiger partial charge >= 0.3 is 5.97 Å². The molecular formula is C17H12N2O4S. The number of nitrogens with zero attached hydrogens (tertiary/aromatic N) is 1. The van der Waals surface area contributed by atoms with Crippen LogP contribution >= 0.6 is 11.8 Å². The fraction of sp³-hybridized carbons (Fsp3) is 0. The van der Waals surface area contributed by atoms with Gasteiger partial charge in [-0.3, -0.25) is 4.79 Å². The molecule has 3 N–H and O–H groups in total. The van der Waals surface area contributed by atoms with E-state index in [9.17, 15) is 14.7 Å². The molecule has 2 aromatic carbocycles. The maximum absolute atomic E-state index is 12.0. The number of aromatic carboxylic acids is 1. The van der Waals surface area contributed by atoms with E-state index in [1.165, 1.54) is 12.1 Å². The van der Waals surface area contributed by atoms with E-state index in [2.05, 4.69) is 10.3 Å². The molecule has 3 rings (SSSR count). The third kappa shape index (κ3) is 3.47. The van der Waals surface area contributed by atoms with Crippen LogP contribution in [-0.4, -0.2) is 27.3 Å². The normalized spacial score (nSPS) is 17.2. The molecule has 1 heterocycles. The number of carboxylic acid groups (broad SMARTS) is 1. The average molecular weight is 340 g/mol. The van der Waals surface area contributed by atoms with Crippen LogP contribution in [0.1, 0.15) is 15.9 Å². The molecule has 0 unspecified atom stereocenters. The summed E-state index contributed by atoms with van der Waals surface area (Å²) in [4.78, 5) is 27.8. The van der Waals surface area contributed by atoms with Crippen LogP contribution in [0.5, 0.6) is 5.75 Å². The minimum absolute atomic E-state index is 0.0604. The molecule has 1 aliphatic heterocycles. The van der Waals surface area contributed by atoms with Gasteiger partial charge in [-0.2, -0.15) is 0 Å². The Balaban J connectivity index is 1.89. The Labute approximate surface area is 141 Å². The van der Waals surface area contributed by atoms with E-state index >= 15 is 0 Å². The topological polar surface area (TPSA) is 99.0 Å². The number of hydrogen-bond acceptors (Lipinski definition) is 5. The monoisotopic (exact) mass is 340 g/mol. The highest BCUT2D eigenvalue weighted by Gasteiger charge is 2.24. The SMILES string of the molecule is O=C1NC(=Nc2ccccc2C(=O)O)S/C1=C\c1cccc(O)c1. The minimum atomic E-state index is -1.08. The van der Waals surface area contributed by atoms with Crippen LogP contribution in [0.25, 0.3) is 6.08 Å². The number of aromatic hydroxyl groups is 1. The Morgan fingerprint density at radius 2 is 1.96 bits per heavy atom. The lowest BCUT2D eigenvalue weighted by Crippen LogP contribution is -2.19. The fourth-order valence-corrected chi connectivity index (χ4v) is 2.94. The molecule has 1 saturated heterocycles. The Hall–Kier alpha value is -3.06. The number of carbonyl (C=O) groups excluding carboxylic acids is 1. The van der Waals surface area contributed by atoms with E-state index in [1.54, 1.807) is 42.5 Å². The number of nitrogens with one attached hydrogen (secondary N) is 1. The second-order valence-electron chi connectivity index (χ2n) is 4.90. The maximum Gasteiger partial charge on any atom is 0.337 e. The van der Waals surface area contributed by atoms with Crippen LogP contribution < -0.4 is 5.32 Å². The van der Waals surface area contributed by atoms with Crippen molar-refractivity contribution in [3.8, 4) is 5.75 Å². The number of phenols is 1. The molecule has 0 aromatic heterocycles. The van der Waals surface area contributed by atoms with Gasteiger partial charge in [0.2, 0.25) is 0 Å². The number of amides is 1. The molecule has 6 nitrogen and oxygen atoms in total. The molecule has 120 valence electrons. The molecule has 0 saturated carbocycles. The van der Waals surface area contributed by atoms with E-state index in [4.69, 9.17) is 5.11 Å². The third-order valence-corrected chi connectivity index (χ3v) is 4.09. The summed E-state index contributed by atoms with van der Waals surface area (Å²) < 4.78 is 0. The van der Waals surface area contributed by atoms with Gasteiger partial charge in [0.15, 0.2) is 5.17 Å². The Bertz CT molecular complexity index is 890. The zero-order chi connectivity index (χ0) is 17.1. The van der Waals surface area contributed by atoms with Crippen molar-refractivity contribution in [1.82, 2.24) is 5.32 Å². The molecule has 24 heavy (non-hydrogen) atoms. The van der Waals surface area contributed by atoms with Gasteiger partial charge in [0, 0.05) is 0 Å². The molecule has 0 bridgehead atoms. The first kappa shape index (κ1) is 15.8. The van der Waals surface area contributed by atoms with Crippen LogP contribution in [0.4, 0.5) is 5.69 Å². The molecule has 0 aliphatic carbocycles. The summed E-state index contributed by atoms with van der Waals surface area (Å²) in [7, 11) is 0. The van der Waals surface area contributed by atoms with Gasteiger partial charge < -0.3 is 15.5 Å². The van der Waals surface area contributed by atoms with Crippen LogP contribution in [0, 0.1) is 0 Å². The predicted octanol–water partition coefficient (Wildman–Crippen LogP) is 2.98. The van der Waals surface area contributed by atoms with Crippen molar-refractivity contribution in [2.24, 2.45) is 4.99 Å². The first-order valence-electron chi connectivity index (χ1n) is 6.94. The van der Waals surface area contributed by atoms with Crippen molar-refractivity contribution >= 4 is 40.6 Å². The van der Waals surface area contributed by atoms with Gasteiger partial charge in [0.1, 0.15) is 5.75 Å². The number of carboxylic acids is 1. The number of benzene rings is 2. The molecule has 0 atom stereocenters. The largest absolute Gasteiger partial charge is 0.508 e. The number of para-hydroxylation sites is 1. The van der Waals surface area contributed by atoms with E-state index in [0.717, 1.165) is 11.8 Å². The van der Waals surface area contributed by atoms with Gasteiger partial charge in [-0.15, -0.1) is 0 Å². The highest BCUT2D eigenvalue weighted by Crippen LogP contribution is 2.29. The minimum Gasteiger partial charge on any atom is -0.508 e. The van der Waals surface area contributed by atoms with Gasteiger partial charge in [-0.05, 0) is 47.7 Å². The van der Waals surface area contributed by atoms with Crippen molar-refractivity contribution in [1.29, 1.82) is 0 Å².